The molecule has 3 aromatic rings. The summed E-state index contributed by atoms with van der Waals surface area (Å²) in [5.41, 5.74) is 3.43. The summed E-state index contributed by atoms with van der Waals surface area (Å²) < 4.78 is 18.9. The van der Waals surface area contributed by atoms with Crippen LogP contribution >= 0.6 is 0 Å². The van der Waals surface area contributed by atoms with E-state index >= 15 is 0 Å². The van der Waals surface area contributed by atoms with E-state index in [9.17, 15) is 0 Å². The van der Waals surface area contributed by atoms with E-state index in [-0.39, 0.29) is 5.41 Å². The molecule has 1 fully saturated rings. The fourth-order valence-electron chi connectivity index (χ4n) is 3.63. The van der Waals surface area contributed by atoms with E-state index in [0.717, 1.165) is 27.9 Å². The predicted octanol–water partition coefficient (Wildman–Crippen LogP) is 6.14. The molecule has 2 aromatic carbocycles. The van der Waals surface area contributed by atoms with E-state index in [4.69, 9.17) is 14.0 Å². The van der Waals surface area contributed by atoms with Crippen molar-refractivity contribution in [2.75, 3.05) is 0 Å². The number of hydrogen-bond acceptors (Lipinski definition) is 4. The lowest BCUT2D eigenvalue weighted by Gasteiger charge is -2.32. The number of benzene rings is 2. The van der Waals surface area contributed by atoms with Gasteiger partial charge in [0.05, 0.1) is 11.2 Å². The number of pyridine rings is 1. The summed E-state index contributed by atoms with van der Waals surface area (Å²) >= 11 is 0. The van der Waals surface area contributed by atoms with Gasteiger partial charge in [0.1, 0.15) is 5.75 Å². The highest BCUT2D eigenvalue weighted by molar-refractivity contribution is 6.62. The molecule has 2 heterocycles. The van der Waals surface area contributed by atoms with Crippen LogP contribution < -0.4 is 10.2 Å². The second kappa shape index (κ2) is 8.06. The molecule has 0 bridgehead atoms. The highest BCUT2D eigenvalue weighted by Crippen LogP contribution is 2.37. The molecule has 32 heavy (non-hydrogen) atoms. The van der Waals surface area contributed by atoms with Gasteiger partial charge in [0.2, 0.25) is 5.88 Å². The molecule has 0 atom stereocenters. The Hall–Kier alpha value is -2.63. The Morgan fingerprint density at radius 2 is 1.47 bits per heavy atom. The van der Waals surface area contributed by atoms with Gasteiger partial charge in [-0.2, -0.15) is 0 Å². The van der Waals surface area contributed by atoms with E-state index in [1.165, 1.54) is 0 Å². The van der Waals surface area contributed by atoms with Crippen LogP contribution in [-0.2, 0) is 14.7 Å². The maximum absolute atomic E-state index is 6.31. The van der Waals surface area contributed by atoms with Gasteiger partial charge < -0.3 is 14.0 Å². The van der Waals surface area contributed by atoms with E-state index in [2.05, 4.69) is 77.7 Å². The third kappa shape index (κ3) is 4.60. The zero-order chi connectivity index (χ0) is 23.1. The molecule has 4 nitrogen and oxygen atoms in total. The lowest BCUT2D eigenvalue weighted by Crippen LogP contribution is -2.41. The summed E-state index contributed by atoms with van der Waals surface area (Å²) in [6.07, 6.45) is 1.78. The van der Waals surface area contributed by atoms with Gasteiger partial charge in [-0.1, -0.05) is 57.2 Å². The number of nitrogens with zero attached hydrogens (tertiary/aromatic N) is 1. The van der Waals surface area contributed by atoms with Crippen molar-refractivity contribution >= 4 is 12.6 Å². The molecule has 1 aromatic heterocycles. The maximum Gasteiger partial charge on any atom is 0.494 e. The number of aromatic nitrogens is 1. The Kier molecular flexibility index (Phi) is 5.68. The molecular weight excluding hydrogens is 397 g/mol. The lowest BCUT2D eigenvalue weighted by atomic mass is 9.75. The summed E-state index contributed by atoms with van der Waals surface area (Å²) in [4.78, 5) is 4.44. The molecule has 0 spiro atoms. The van der Waals surface area contributed by atoms with E-state index < -0.39 is 18.3 Å². The van der Waals surface area contributed by atoms with Crippen molar-refractivity contribution in [3.63, 3.8) is 0 Å². The first-order chi connectivity index (χ1) is 14.9. The van der Waals surface area contributed by atoms with Crippen LogP contribution in [-0.4, -0.2) is 23.3 Å². The Morgan fingerprint density at radius 1 is 0.812 bits per heavy atom. The predicted molar refractivity (Wildman–Crippen MR) is 131 cm³/mol. The minimum atomic E-state index is -0.451. The van der Waals surface area contributed by atoms with E-state index in [1.54, 1.807) is 6.20 Å². The van der Waals surface area contributed by atoms with E-state index in [0.29, 0.717) is 5.88 Å². The zero-order valence-corrected chi connectivity index (χ0v) is 20.1. The van der Waals surface area contributed by atoms with Gasteiger partial charge in [-0.3, -0.25) is 0 Å². The molecule has 166 valence electrons. The molecular formula is C27H32BNO3. The van der Waals surface area contributed by atoms with Crippen LogP contribution in [0.3, 0.4) is 0 Å². The molecule has 1 saturated heterocycles. The van der Waals surface area contributed by atoms with Crippen molar-refractivity contribution in [2.45, 2.75) is 65.1 Å². The normalized spacial score (nSPS) is 17.4. The first-order valence-electron chi connectivity index (χ1n) is 11.2. The fourth-order valence-corrected chi connectivity index (χ4v) is 3.63. The van der Waals surface area contributed by atoms with Crippen LogP contribution in [0.4, 0.5) is 0 Å². The Balaban J connectivity index is 1.68. The van der Waals surface area contributed by atoms with Gasteiger partial charge in [0.25, 0.3) is 0 Å². The molecule has 5 heteroatoms. The third-order valence-electron chi connectivity index (χ3n) is 6.38. The summed E-state index contributed by atoms with van der Waals surface area (Å²) in [6, 6.07) is 20.4. The third-order valence-corrected chi connectivity index (χ3v) is 6.38. The summed E-state index contributed by atoms with van der Waals surface area (Å²) in [5, 5.41) is 0. The van der Waals surface area contributed by atoms with Crippen LogP contribution in [0.2, 0.25) is 0 Å². The Morgan fingerprint density at radius 3 is 2.09 bits per heavy atom. The summed E-state index contributed by atoms with van der Waals surface area (Å²) in [6.45, 7) is 14.8. The summed E-state index contributed by atoms with van der Waals surface area (Å²) in [5.74, 6) is 1.28. The van der Waals surface area contributed by atoms with Crippen molar-refractivity contribution in [3.8, 4) is 22.8 Å². The van der Waals surface area contributed by atoms with Crippen LogP contribution in [0.25, 0.3) is 11.1 Å². The first kappa shape index (κ1) is 22.6. The van der Waals surface area contributed by atoms with Crippen LogP contribution in [0.5, 0.6) is 11.6 Å². The summed E-state index contributed by atoms with van der Waals surface area (Å²) in [7, 11) is -0.451. The van der Waals surface area contributed by atoms with Gasteiger partial charge >= 0.3 is 7.12 Å². The van der Waals surface area contributed by atoms with Crippen molar-refractivity contribution < 1.29 is 14.0 Å². The molecule has 0 amide bonds. The Labute approximate surface area is 192 Å². The maximum atomic E-state index is 6.31. The van der Waals surface area contributed by atoms with Crippen molar-refractivity contribution in [2.24, 2.45) is 0 Å². The van der Waals surface area contributed by atoms with Gasteiger partial charge in [-0.05, 0) is 73.5 Å². The van der Waals surface area contributed by atoms with Gasteiger partial charge in [0.15, 0.2) is 0 Å². The number of ether oxygens (including phenoxy) is 1. The van der Waals surface area contributed by atoms with Crippen LogP contribution in [0, 0.1) is 0 Å². The topological polar surface area (TPSA) is 40.6 Å². The quantitative estimate of drug-likeness (QED) is 0.468. The second-order valence-electron chi connectivity index (χ2n) is 10.5. The van der Waals surface area contributed by atoms with Crippen LogP contribution in [0.1, 0.15) is 54.0 Å². The number of rotatable bonds is 4. The number of hydrogen-bond donors (Lipinski definition) is 0. The zero-order valence-electron chi connectivity index (χ0n) is 20.1. The highest BCUT2D eigenvalue weighted by atomic mass is 16.7. The van der Waals surface area contributed by atoms with Gasteiger partial charge in [0, 0.05) is 12.3 Å². The molecule has 0 N–H and O–H groups in total. The average Bonchev–Trinajstić information content (AvgIpc) is 2.95. The first-order valence-corrected chi connectivity index (χ1v) is 11.2. The molecule has 0 unspecified atom stereocenters. The monoisotopic (exact) mass is 429 g/mol. The van der Waals surface area contributed by atoms with Gasteiger partial charge in [-0.25, -0.2) is 4.98 Å². The average molecular weight is 429 g/mol. The van der Waals surface area contributed by atoms with Crippen molar-refractivity contribution in [1.29, 1.82) is 0 Å². The molecule has 1 aliphatic heterocycles. The SMILES string of the molecule is CC(C)(C)c1cc(Oc2cc(-c3ccccc3)ccn2)cc(B2OC(C)(C)C(C)(C)O2)c1. The highest BCUT2D eigenvalue weighted by Gasteiger charge is 2.51. The van der Waals surface area contributed by atoms with E-state index in [1.807, 2.05) is 36.4 Å². The van der Waals surface area contributed by atoms with Crippen LogP contribution in [0.15, 0.2) is 66.9 Å². The lowest BCUT2D eigenvalue weighted by molar-refractivity contribution is 0.00578. The largest absolute Gasteiger partial charge is 0.494 e. The fraction of sp³-hybridized carbons (Fsp3) is 0.370. The molecule has 4 rings (SSSR count). The minimum Gasteiger partial charge on any atom is -0.439 e. The smallest absolute Gasteiger partial charge is 0.439 e. The molecule has 0 aliphatic carbocycles. The minimum absolute atomic E-state index is 0.0585. The van der Waals surface area contributed by atoms with Crippen molar-refractivity contribution in [3.05, 3.63) is 72.4 Å². The standard InChI is InChI=1S/C27H32BNO3/c1-25(2,3)21-16-22(28-31-26(4,5)27(6,7)32-28)18-23(17-21)30-24-15-20(13-14-29-24)19-11-9-8-10-12-19/h8-18H,1-7H3. The second-order valence-corrected chi connectivity index (χ2v) is 10.5. The Bertz CT molecular complexity index is 1090. The van der Waals surface area contributed by atoms with Gasteiger partial charge in [-0.15, -0.1) is 0 Å². The molecule has 0 saturated carbocycles. The molecule has 1 aliphatic rings. The van der Waals surface area contributed by atoms with Crippen molar-refractivity contribution in [1.82, 2.24) is 4.98 Å². The molecule has 0 radical (unpaired) electrons.